The van der Waals surface area contributed by atoms with Gasteiger partial charge in [0.05, 0.1) is 18.3 Å². The number of hydrogen-bond acceptors (Lipinski definition) is 8. The number of likely N-dealkylation sites (N-methyl/N-ethyl adjacent to an activating group) is 1. The lowest BCUT2D eigenvalue weighted by atomic mass is 9.79. The van der Waals surface area contributed by atoms with Crippen molar-refractivity contribution in [2.45, 2.75) is 45.4 Å². The van der Waals surface area contributed by atoms with Gasteiger partial charge in [-0.2, -0.15) is 0 Å². The van der Waals surface area contributed by atoms with E-state index >= 15 is 0 Å². The van der Waals surface area contributed by atoms with Crippen LogP contribution in [-0.4, -0.2) is 87.0 Å². The summed E-state index contributed by atoms with van der Waals surface area (Å²) in [6.45, 7) is 11.9. The van der Waals surface area contributed by atoms with E-state index in [4.69, 9.17) is 18.8 Å². The maximum absolute atomic E-state index is 13.4. The van der Waals surface area contributed by atoms with Crippen molar-refractivity contribution in [1.29, 1.82) is 0 Å². The molecule has 1 aliphatic rings. The van der Waals surface area contributed by atoms with E-state index in [-0.39, 0.29) is 30.7 Å². The topological polar surface area (TPSA) is 93.1 Å². The Morgan fingerprint density at radius 1 is 1.02 bits per heavy atom. The number of aliphatic imine (C=N–C) groups is 1. The van der Waals surface area contributed by atoms with Crippen molar-refractivity contribution in [3.05, 3.63) is 65.6 Å². The largest absolute Gasteiger partial charge is 0.497 e. The fourth-order valence-electron chi connectivity index (χ4n) is 4.02. The van der Waals surface area contributed by atoms with Crippen LogP contribution in [0.1, 0.15) is 33.3 Å². The number of nitrogens with zero attached hydrogens (tertiary/aromatic N) is 4. The lowest BCUT2D eigenvalue weighted by Gasteiger charge is -2.32. The van der Waals surface area contributed by atoms with Crippen LogP contribution in [0.5, 0.6) is 11.5 Å². The molecule has 0 unspecified atom stereocenters. The molecule has 1 saturated heterocycles. The van der Waals surface area contributed by atoms with Gasteiger partial charge < -0.3 is 33.5 Å². The summed E-state index contributed by atoms with van der Waals surface area (Å²) in [7, 11) is 5.87. The molecule has 0 aliphatic carbocycles. The molecule has 1 fully saturated rings. The van der Waals surface area contributed by atoms with Gasteiger partial charge in [0, 0.05) is 27.7 Å². The Morgan fingerprint density at radius 3 is 2.17 bits per heavy atom. The van der Waals surface area contributed by atoms with Gasteiger partial charge in [-0.25, -0.2) is 4.99 Å². The molecular formula is C29H39BN4O6. The minimum absolute atomic E-state index is 0.0202. The Bertz CT molecular complexity index is 1230. The zero-order chi connectivity index (χ0) is 29.7. The zero-order valence-corrected chi connectivity index (χ0v) is 24.6. The molecule has 214 valence electrons. The molecule has 0 aromatic heterocycles. The molecule has 10 nitrogen and oxygen atoms in total. The molecule has 40 heavy (non-hydrogen) atoms. The van der Waals surface area contributed by atoms with E-state index in [1.54, 1.807) is 26.1 Å². The summed E-state index contributed by atoms with van der Waals surface area (Å²) in [5, 5.41) is 0. The van der Waals surface area contributed by atoms with E-state index in [2.05, 4.69) is 11.7 Å². The van der Waals surface area contributed by atoms with Crippen molar-refractivity contribution < 1.29 is 28.4 Å². The summed E-state index contributed by atoms with van der Waals surface area (Å²) in [6.07, 6.45) is 0.575. The van der Waals surface area contributed by atoms with E-state index in [1.165, 1.54) is 16.8 Å². The van der Waals surface area contributed by atoms with Crippen LogP contribution >= 0.6 is 0 Å². The van der Waals surface area contributed by atoms with Crippen LogP contribution in [0.25, 0.3) is 0 Å². The van der Waals surface area contributed by atoms with Gasteiger partial charge in [-0.3, -0.25) is 9.59 Å². The Hall–Kier alpha value is -3.83. The van der Waals surface area contributed by atoms with E-state index in [9.17, 15) is 9.59 Å². The number of rotatable bonds is 12. The third kappa shape index (κ3) is 6.84. The number of hydrogen-bond donors (Lipinski definition) is 0. The summed E-state index contributed by atoms with van der Waals surface area (Å²) in [5.74, 6) is 0.993. The zero-order valence-electron chi connectivity index (χ0n) is 24.6. The number of methoxy groups -OCH3 is 1. The number of benzene rings is 2. The molecule has 0 N–H and O–H groups in total. The molecule has 0 radical (unpaired) electrons. The molecule has 0 bridgehead atoms. The van der Waals surface area contributed by atoms with Crippen molar-refractivity contribution >= 4 is 31.6 Å². The highest BCUT2D eigenvalue weighted by molar-refractivity contribution is 6.62. The van der Waals surface area contributed by atoms with Crippen LogP contribution in [0, 0.1) is 0 Å². The molecule has 2 aromatic carbocycles. The van der Waals surface area contributed by atoms with Crippen LogP contribution < -0.4 is 14.9 Å². The Labute approximate surface area is 237 Å². The van der Waals surface area contributed by atoms with Gasteiger partial charge in [-0.15, -0.1) is 0 Å². The summed E-state index contributed by atoms with van der Waals surface area (Å²) in [4.78, 5) is 33.4. The molecule has 0 atom stereocenters. The van der Waals surface area contributed by atoms with Gasteiger partial charge in [0.15, 0.2) is 12.6 Å². The van der Waals surface area contributed by atoms with Crippen molar-refractivity contribution in [3.8, 4) is 11.5 Å². The average Bonchev–Trinajstić information content (AvgIpc) is 3.15. The lowest BCUT2D eigenvalue weighted by Crippen LogP contribution is -2.41. The van der Waals surface area contributed by atoms with Gasteiger partial charge >= 0.3 is 7.12 Å². The predicted octanol–water partition coefficient (Wildman–Crippen LogP) is 2.88. The molecule has 3 rings (SSSR count). The number of amides is 2. The summed E-state index contributed by atoms with van der Waals surface area (Å²) in [6, 6.07) is 14.9. The first-order chi connectivity index (χ1) is 18.8. The van der Waals surface area contributed by atoms with Gasteiger partial charge in [0.2, 0.25) is 6.41 Å². The highest BCUT2D eigenvalue weighted by atomic mass is 16.7. The summed E-state index contributed by atoms with van der Waals surface area (Å²) in [5.41, 5.74) is 1.00. The molecule has 11 heteroatoms. The molecule has 0 spiro atoms. The molecule has 0 saturated carbocycles. The Balaban J connectivity index is 1.92. The molecular weight excluding hydrogens is 511 g/mol. The first-order valence-electron chi connectivity index (χ1n) is 12.9. The van der Waals surface area contributed by atoms with Crippen LogP contribution in [0.15, 0.2) is 65.0 Å². The third-order valence-corrected chi connectivity index (χ3v) is 7.08. The fraction of sp³-hybridized carbons (Fsp3) is 0.414. The van der Waals surface area contributed by atoms with Gasteiger partial charge in [0.1, 0.15) is 17.2 Å². The monoisotopic (exact) mass is 550 g/mol. The SMILES string of the molecule is C=N/C(=C(/C(=O)N(C)C)N(COc1ccc(B2OC(C)(C)C(C)(C)O2)cc1)Cc1cccc(OC)c1)N(C)C=O. The van der Waals surface area contributed by atoms with Gasteiger partial charge in [0.25, 0.3) is 5.91 Å². The quantitative estimate of drug-likeness (QED) is 0.132. The maximum Gasteiger partial charge on any atom is 0.494 e. The molecule has 2 aromatic rings. The van der Waals surface area contributed by atoms with E-state index in [0.717, 1.165) is 11.0 Å². The summed E-state index contributed by atoms with van der Waals surface area (Å²) >= 11 is 0. The predicted molar refractivity (Wildman–Crippen MR) is 155 cm³/mol. The second-order valence-electron chi connectivity index (χ2n) is 10.7. The van der Waals surface area contributed by atoms with Crippen molar-refractivity contribution in [3.63, 3.8) is 0 Å². The van der Waals surface area contributed by atoms with E-state index in [0.29, 0.717) is 17.9 Å². The normalized spacial score (nSPS) is 16.1. The molecule has 2 amide bonds. The number of carbonyl (C=O) groups excluding carboxylic acids is 2. The first-order valence-corrected chi connectivity index (χ1v) is 12.9. The highest BCUT2D eigenvalue weighted by Gasteiger charge is 2.51. The number of carbonyl (C=O) groups is 2. The van der Waals surface area contributed by atoms with Crippen LogP contribution in [0.3, 0.4) is 0 Å². The highest BCUT2D eigenvalue weighted by Crippen LogP contribution is 2.36. The maximum atomic E-state index is 13.4. The minimum Gasteiger partial charge on any atom is -0.497 e. The minimum atomic E-state index is -0.490. The standard InChI is InChI=1S/C29H39BN4O6/c1-28(2)29(3,4)40-30(39-28)22-13-15-23(16-14-22)38-20-34(18-21-11-10-12-24(17-21)37-9)25(27(36)32(6)7)26(31-5)33(8)19-35/h10-17,19H,5,18,20H2,1-4,6-9H3/b26-25+. The van der Waals surface area contributed by atoms with Crippen LogP contribution in [0.2, 0.25) is 0 Å². The number of ether oxygens (including phenoxy) is 2. The Kier molecular flexibility index (Phi) is 9.65. The van der Waals surface area contributed by atoms with Crippen molar-refractivity contribution in [1.82, 2.24) is 14.7 Å². The van der Waals surface area contributed by atoms with Crippen molar-refractivity contribution in [2.75, 3.05) is 35.0 Å². The first kappa shape index (κ1) is 30.7. The van der Waals surface area contributed by atoms with Gasteiger partial charge in [-0.1, -0.05) is 24.3 Å². The second kappa shape index (κ2) is 12.6. The van der Waals surface area contributed by atoms with Gasteiger partial charge in [-0.05, 0) is 69.7 Å². The van der Waals surface area contributed by atoms with Crippen molar-refractivity contribution in [2.24, 2.45) is 4.99 Å². The fourth-order valence-corrected chi connectivity index (χ4v) is 4.02. The second-order valence-corrected chi connectivity index (χ2v) is 10.7. The van der Waals surface area contributed by atoms with Crippen LogP contribution in [0.4, 0.5) is 0 Å². The van der Waals surface area contributed by atoms with E-state index in [1.807, 2.05) is 76.2 Å². The smallest absolute Gasteiger partial charge is 0.494 e. The summed E-state index contributed by atoms with van der Waals surface area (Å²) < 4.78 is 23.8. The molecule has 1 heterocycles. The third-order valence-electron chi connectivity index (χ3n) is 7.08. The average molecular weight is 550 g/mol. The van der Waals surface area contributed by atoms with Crippen LogP contribution in [-0.2, 0) is 25.4 Å². The van der Waals surface area contributed by atoms with E-state index < -0.39 is 18.3 Å². The Morgan fingerprint density at radius 2 is 1.65 bits per heavy atom. The molecule has 1 aliphatic heterocycles. The lowest BCUT2D eigenvalue weighted by molar-refractivity contribution is -0.127.